The Balaban J connectivity index is 1.87. The molecule has 0 saturated carbocycles. The lowest BCUT2D eigenvalue weighted by atomic mass is 10.1. The third-order valence-corrected chi connectivity index (χ3v) is 3.39. The van der Waals surface area contributed by atoms with Crippen LogP contribution in [0, 0.1) is 12.7 Å². The Morgan fingerprint density at radius 3 is 2.50 bits per heavy atom. The molecule has 0 amide bonds. The van der Waals surface area contributed by atoms with Crippen molar-refractivity contribution in [1.82, 2.24) is 0 Å². The quantitative estimate of drug-likeness (QED) is 0.852. The second-order valence-electron chi connectivity index (χ2n) is 5.21. The number of phenolic OH excluding ortho intramolecular Hbond substituents is 1. The molecule has 1 unspecified atom stereocenters. The molecular formula is C17H20FNO. The Labute approximate surface area is 119 Å². The number of halogens is 1. The Hall–Kier alpha value is -2.03. The lowest BCUT2D eigenvalue weighted by molar-refractivity contribution is 0.475. The van der Waals surface area contributed by atoms with Gasteiger partial charge < -0.3 is 10.4 Å². The summed E-state index contributed by atoms with van der Waals surface area (Å²) in [6.07, 6.45) is 1.86. The second kappa shape index (κ2) is 6.42. The second-order valence-corrected chi connectivity index (χ2v) is 5.21. The van der Waals surface area contributed by atoms with Crippen LogP contribution in [0.1, 0.15) is 24.5 Å². The molecule has 0 aliphatic rings. The van der Waals surface area contributed by atoms with Crippen molar-refractivity contribution in [2.24, 2.45) is 0 Å². The van der Waals surface area contributed by atoms with Gasteiger partial charge in [0.25, 0.3) is 0 Å². The predicted octanol–water partition coefficient (Wildman–Crippen LogP) is 4.27. The maximum absolute atomic E-state index is 13.5. The zero-order chi connectivity index (χ0) is 14.5. The van der Waals surface area contributed by atoms with E-state index in [9.17, 15) is 9.50 Å². The molecule has 0 saturated heterocycles. The molecular weight excluding hydrogens is 253 g/mol. The van der Waals surface area contributed by atoms with Crippen LogP contribution in [-0.4, -0.2) is 11.1 Å². The summed E-state index contributed by atoms with van der Waals surface area (Å²) >= 11 is 0. The molecule has 20 heavy (non-hydrogen) atoms. The van der Waals surface area contributed by atoms with Crippen molar-refractivity contribution in [2.45, 2.75) is 32.7 Å². The Bertz CT molecular complexity index is 566. The lowest BCUT2D eigenvalue weighted by Crippen LogP contribution is -2.16. The van der Waals surface area contributed by atoms with Gasteiger partial charge >= 0.3 is 0 Å². The molecule has 2 aromatic carbocycles. The van der Waals surface area contributed by atoms with Crippen LogP contribution in [-0.2, 0) is 6.42 Å². The first-order chi connectivity index (χ1) is 9.54. The van der Waals surface area contributed by atoms with E-state index in [1.165, 1.54) is 11.6 Å². The van der Waals surface area contributed by atoms with Gasteiger partial charge in [0.2, 0.25) is 0 Å². The molecule has 0 spiro atoms. The van der Waals surface area contributed by atoms with E-state index in [0.29, 0.717) is 5.56 Å². The molecule has 0 radical (unpaired) electrons. The van der Waals surface area contributed by atoms with E-state index < -0.39 is 0 Å². The first-order valence-corrected chi connectivity index (χ1v) is 6.85. The van der Waals surface area contributed by atoms with Gasteiger partial charge in [0.15, 0.2) is 0 Å². The van der Waals surface area contributed by atoms with E-state index in [-0.39, 0.29) is 17.6 Å². The standard InChI is InChI=1S/C17H20FNO/c1-12-3-8-15(11-17(12)18)19-13(2)4-5-14-6-9-16(20)10-7-14/h3,6-11,13,19-20H,4-5H2,1-2H3. The summed E-state index contributed by atoms with van der Waals surface area (Å²) in [5, 5.41) is 12.5. The number of aromatic hydroxyl groups is 1. The molecule has 106 valence electrons. The van der Waals surface area contributed by atoms with Crippen molar-refractivity contribution >= 4 is 5.69 Å². The van der Waals surface area contributed by atoms with Crippen LogP contribution in [0.25, 0.3) is 0 Å². The van der Waals surface area contributed by atoms with Gasteiger partial charge in [-0.05, 0) is 62.1 Å². The number of rotatable bonds is 5. The number of phenols is 1. The lowest BCUT2D eigenvalue weighted by Gasteiger charge is -2.15. The molecule has 0 fully saturated rings. The summed E-state index contributed by atoms with van der Waals surface area (Å²) in [4.78, 5) is 0. The van der Waals surface area contributed by atoms with Crippen LogP contribution in [0.3, 0.4) is 0 Å². The molecule has 0 aromatic heterocycles. The van der Waals surface area contributed by atoms with E-state index >= 15 is 0 Å². The Morgan fingerprint density at radius 2 is 1.85 bits per heavy atom. The van der Waals surface area contributed by atoms with Gasteiger partial charge in [-0.1, -0.05) is 18.2 Å². The van der Waals surface area contributed by atoms with Crippen molar-refractivity contribution in [1.29, 1.82) is 0 Å². The van der Waals surface area contributed by atoms with Gasteiger partial charge in [-0.2, -0.15) is 0 Å². The van der Waals surface area contributed by atoms with E-state index in [2.05, 4.69) is 12.2 Å². The van der Waals surface area contributed by atoms with Crippen molar-refractivity contribution in [2.75, 3.05) is 5.32 Å². The van der Waals surface area contributed by atoms with Gasteiger partial charge in [-0.25, -0.2) is 4.39 Å². The maximum Gasteiger partial charge on any atom is 0.128 e. The zero-order valence-electron chi connectivity index (χ0n) is 11.9. The minimum atomic E-state index is -0.180. The number of hydrogen-bond acceptors (Lipinski definition) is 2. The molecule has 3 heteroatoms. The van der Waals surface area contributed by atoms with Gasteiger partial charge in [0.05, 0.1) is 0 Å². The highest BCUT2D eigenvalue weighted by molar-refractivity contribution is 5.45. The number of aryl methyl sites for hydroxylation is 2. The molecule has 0 bridgehead atoms. The molecule has 0 heterocycles. The van der Waals surface area contributed by atoms with Crippen LogP contribution in [0.5, 0.6) is 5.75 Å². The summed E-state index contributed by atoms with van der Waals surface area (Å²) in [5.74, 6) is 0.107. The number of benzene rings is 2. The van der Waals surface area contributed by atoms with E-state index in [0.717, 1.165) is 18.5 Å². The molecule has 2 nitrogen and oxygen atoms in total. The smallest absolute Gasteiger partial charge is 0.128 e. The van der Waals surface area contributed by atoms with Crippen molar-refractivity contribution in [3.8, 4) is 5.75 Å². The highest BCUT2D eigenvalue weighted by Crippen LogP contribution is 2.17. The average Bonchev–Trinajstić information content (AvgIpc) is 2.42. The topological polar surface area (TPSA) is 32.3 Å². The molecule has 2 N–H and O–H groups in total. The minimum absolute atomic E-state index is 0.180. The monoisotopic (exact) mass is 273 g/mol. The normalized spacial score (nSPS) is 12.2. The predicted molar refractivity (Wildman–Crippen MR) is 80.6 cm³/mol. The first-order valence-electron chi connectivity index (χ1n) is 6.85. The van der Waals surface area contributed by atoms with Gasteiger partial charge in [-0.3, -0.25) is 0 Å². The van der Waals surface area contributed by atoms with Crippen LogP contribution in [0.2, 0.25) is 0 Å². The summed E-state index contributed by atoms with van der Waals surface area (Å²) in [5.41, 5.74) is 2.66. The van der Waals surface area contributed by atoms with Gasteiger partial charge in [0, 0.05) is 11.7 Å². The van der Waals surface area contributed by atoms with Crippen LogP contribution in [0.15, 0.2) is 42.5 Å². The van der Waals surface area contributed by atoms with Gasteiger partial charge in [0.1, 0.15) is 11.6 Å². The fraction of sp³-hybridized carbons (Fsp3) is 0.294. The SMILES string of the molecule is Cc1ccc(NC(C)CCc2ccc(O)cc2)cc1F. The zero-order valence-corrected chi connectivity index (χ0v) is 11.9. The van der Waals surface area contributed by atoms with Crippen LogP contribution < -0.4 is 5.32 Å². The first kappa shape index (κ1) is 14.4. The Morgan fingerprint density at radius 1 is 1.15 bits per heavy atom. The highest BCUT2D eigenvalue weighted by atomic mass is 19.1. The molecule has 2 rings (SSSR count). The fourth-order valence-electron chi connectivity index (χ4n) is 2.09. The van der Waals surface area contributed by atoms with Crippen molar-refractivity contribution in [3.05, 3.63) is 59.4 Å². The van der Waals surface area contributed by atoms with Crippen LogP contribution >= 0.6 is 0 Å². The number of anilines is 1. The van der Waals surface area contributed by atoms with Crippen LogP contribution in [0.4, 0.5) is 10.1 Å². The summed E-state index contributed by atoms with van der Waals surface area (Å²) in [7, 11) is 0. The summed E-state index contributed by atoms with van der Waals surface area (Å²) < 4.78 is 13.5. The van der Waals surface area contributed by atoms with Crippen molar-refractivity contribution < 1.29 is 9.50 Å². The number of nitrogens with one attached hydrogen (secondary N) is 1. The van der Waals surface area contributed by atoms with E-state index in [4.69, 9.17) is 0 Å². The molecule has 0 aliphatic carbocycles. The third-order valence-electron chi connectivity index (χ3n) is 3.39. The van der Waals surface area contributed by atoms with Crippen molar-refractivity contribution in [3.63, 3.8) is 0 Å². The van der Waals surface area contributed by atoms with E-state index in [1.807, 2.05) is 18.2 Å². The van der Waals surface area contributed by atoms with E-state index in [1.54, 1.807) is 25.1 Å². The molecule has 1 atom stereocenters. The Kier molecular flexibility index (Phi) is 4.61. The summed E-state index contributed by atoms with van der Waals surface area (Å²) in [6, 6.07) is 12.7. The highest BCUT2D eigenvalue weighted by Gasteiger charge is 2.05. The summed E-state index contributed by atoms with van der Waals surface area (Å²) in [6.45, 7) is 3.84. The van der Waals surface area contributed by atoms with Gasteiger partial charge in [-0.15, -0.1) is 0 Å². The molecule has 2 aromatic rings. The molecule has 0 aliphatic heterocycles. The minimum Gasteiger partial charge on any atom is -0.508 e. The maximum atomic E-state index is 13.5. The largest absolute Gasteiger partial charge is 0.508 e. The fourth-order valence-corrected chi connectivity index (χ4v) is 2.09. The number of hydrogen-bond donors (Lipinski definition) is 2. The third kappa shape index (κ3) is 3.98. The average molecular weight is 273 g/mol.